The van der Waals surface area contributed by atoms with E-state index in [0.29, 0.717) is 17.9 Å². The summed E-state index contributed by atoms with van der Waals surface area (Å²) in [7, 11) is 0. The monoisotopic (exact) mass is 602 g/mol. The highest BCUT2D eigenvalue weighted by Crippen LogP contribution is 2.50. The molecule has 0 saturated carbocycles. The summed E-state index contributed by atoms with van der Waals surface area (Å²) in [5.41, 5.74) is 8.79. The standard InChI is InChI=1S/C44H42O2/c1-5-32-28-34(30-40(42(32)46)44(6-2,37-23-15-9-16-24-37)38-25-17-10-18-26-38)33-27-31(3)41(45)39(29-33)43(4,35-19-11-7-12-20-35)36-21-13-8-14-22-36/h7-30,45-46H,5-6H2,1-4H3. The molecule has 0 unspecified atom stereocenters. The maximum absolute atomic E-state index is 12.0. The van der Waals surface area contributed by atoms with E-state index in [4.69, 9.17) is 0 Å². The highest BCUT2D eigenvalue weighted by Gasteiger charge is 2.38. The molecule has 46 heavy (non-hydrogen) atoms. The first-order chi connectivity index (χ1) is 22.3. The third-order valence-electron chi connectivity index (χ3n) is 9.97. The minimum Gasteiger partial charge on any atom is -0.507 e. The van der Waals surface area contributed by atoms with Gasteiger partial charge in [0.2, 0.25) is 0 Å². The molecule has 6 aromatic carbocycles. The summed E-state index contributed by atoms with van der Waals surface area (Å²) in [5, 5.41) is 23.7. The van der Waals surface area contributed by atoms with Crippen LogP contribution < -0.4 is 0 Å². The number of phenols is 2. The van der Waals surface area contributed by atoms with Gasteiger partial charge in [-0.15, -0.1) is 0 Å². The summed E-state index contributed by atoms with van der Waals surface area (Å²) in [6.07, 6.45) is 1.45. The highest BCUT2D eigenvalue weighted by atomic mass is 16.3. The normalized spacial score (nSPS) is 11.8. The Morgan fingerprint density at radius 2 is 0.913 bits per heavy atom. The second kappa shape index (κ2) is 12.7. The lowest BCUT2D eigenvalue weighted by molar-refractivity contribution is 0.443. The van der Waals surface area contributed by atoms with E-state index in [0.717, 1.165) is 62.1 Å². The minimum absolute atomic E-state index is 0.296. The third kappa shape index (κ3) is 5.18. The van der Waals surface area contributed by atoms with E-state index in [1.165, 1.54) is 0 Å². The van der Waals surface area contributed by atoms with Crippen molar-refractivity contribution in [1.29, 1.82) is 0 Å². The fourth-order valence-electron chi connectivity index (χ4n) is 7.33. The van der Waals surface area contributed by atoms with Crippen molar-refractivity contribution in [3.05, 3.63) is 190 Å². The molecule has 0 atom stereocenters. The Balaban J connectivity index is 1.64. The molecule has 0 saturated heterocycles. The van der Waals surface area contributed by atoms with Crippen molar-refractivity contribution in [2.75, 3.05) is 0 Å². The van der Waals surface area contributed by atoms with Crippen molar-refractivity contribution in [3.8, 4) is 22.6 Å². The number of benzene rings is 6. The van der Waals surface area contributed by atoms with Gasteiger partial charge in [-0.25, -0.2) is 0 Å². The lowest BCUT2D eigenvalue weighted by Gasteiger charge is -2.36. The Bertz CT molecular complexity index is 1850. The fourth-order valence-corrected chi connectivity index (χ4v) is 7.33. The molecule has 0 aliphatic heterocycles. The van der Waals surface area contributed by atoms with E-state index in [9.17, 15) is 10.2 Å². The highest BCUT2D eigenvalue weighted by molar-refractivity contribution is 5.74. The summed E-state index contributed by atoms with van der Waals surface area (Å²) in [5.74, 6) is 0.639. The van der Waals surface area contributed by atoms with Crippen molar-refractivity contribution in [3.63, 3.8) is 0 Å². The molecule has 0 heterocycles. The van der Waals surface area contributed by atoms with Crippen molar-refractivity contribution >= 4 is 0 Å². The maximum atomic E-state index is 12.0. The van der Waals surface area contributed by atoms with Crippen LogP contribution in [0.15, 0.2) is 146 Å². The van der Waals surface area contributed by atoms with Crippen LogP contribution in [-0.2, 0) is 17.3 Å². The van der Waals surface area contributed by atoms with Gasteiger partial charge in [-0.1, -0.05) is 135 Å². The molecule has 0 fully saturated rings. The number of aryl methyl sites for hydroxylation is 2. The SMILES string of the molecule is CCc1cc(-c2cc(C)c(O)c(C(C)(c3ccccc3)c3ccccc3)c2)cc(C(CC)(c2ccccc2)c2ccccc2)c1O. The number of hydrogen-bond donors (Lipinski definition) is 2. The molecule has 0 bridgehead atoms. The van der Waals surface area contributed by atoms with Crippen LogP contribution in [0, 0.1) is 6.92 Å². The summed E-state index contributed by atoms with van der Waals surface area (Å²) >= 11 is 0. The predicted molar refractivity (Wildman–Crippen MR) is 191 cm³/mol. The molecule has 0 aromatic heterocycles. The van der Waals surface area contributed by atoms with E-state index < -0.39 is 10.8 Å². The van der Waals surface area contributed by atoms with Gasteiger partial charge in [0, 0.05) is 22.0 Å². The number of hydrogen-bond acceptors (Lipinski definition) is 2. The summed E-state index contributed by atoms with van der Waals surface area (Å²) in [4.78, 5) is 0. The molecule has 2 nitrogen and oxygen atoms in total. The van der Waals surface area contributed by atoms with E-state index in [-0.39, 0.29) is 0 Å². The second-order valence-corrected chi connectivity index (χ2v) is 12.4. The van der Waals surface area contributed by atoms with Crippen molar-refractivity contribution in [2.24, 2.45) is 0 Å². The molecule has 230 valence electrons. The first kappa shape index (κ1) is 30.9. The zero-order chi connectivity index (χ0) is 32.3. The van der Waals surface area contributed by atoms with Gasteiger partial charge in [0.15, 0.2) is 0 Å². The van der Waals surface area contributed by atoms with Gasteiger partial charge in [0.1, 0.15) is 11.5 Å². The van der Waals surface area contributed by atoms with Gasteiger partial charge in [0.25, 0.3) is 0 Å². The van der Waals surface area contributed by atoms with Crippen molar-refractivity contribution < 1.29 is 10.2 Å². The summed E-state index contributed by atoms with van der Waals surface area (Å²) in [6, 6.07) is 50.4. The largest absolute Gasteiger partial charge is 0.507 e. The molecule has 0 aliphatic carbocycles. The van der Waals surface area contributed by atoms with Crippen LogP contribution in [-0.4, -0.2) is 10.2 Å². The number of aromatic hydroxyl groups is 2. The van der Waals surface area contributed by atoms with Gasteiger partial charge in [-0.05, 0) is 95.5 Å². The van der Waals surface area contributed by atoms with E-state index in [2.05, 4.69) is 142 Å². The Kier molecular flexibility index (Phi) is 8.56. The van der Waals surface area contributed by atoms with Crippen molar-refractivity contribution in [1.82, 2.24) is 0 Å². The Labute approximate surface area is 273 Å². The lowest BCUT2D eigenvalue weighted by atomic mass is 9.66. The zero-order valence-corrected chi connectivity index (χ0v) is 27.2. The van der Waals surface area contributed by atoms with Gasteiger partial charge >= 0.3 is 0 Å². The Hall–Kier alpha value is -5.08. The smallest absolute Gasteiger partial charge is 0.123 e. The van der Waals surface area contributed by atoms with Crippen LogP contribution in [0.3, 0.4) is 0 Å². The average Bonchev–Trinajstić information content (AvgIpc) is 3.12. The van der Waals surface area contributed by atoms with Gasteiger partial charge in [0.05, 0.1) is 0 Å². The molecule has 0 spiro atoms. The Morgan fingerprint density at radius 3 is 1.35 bits per heavy atom. The lowest BCUT2D eigenvalue weighted by Crippen LogP contribution is -2.29. The second-order valence-electron chi connectivity index (χ2n) is 12.4. The van der Waals surface area contributed by atoms with E-state index >= 15 is 0 Å². The van der Waals surface area contributed by atoms with Crippen LogP contribution in [0.2, 0.25) is 0 Å². The molecular weight excluding hydrogens is 560 g/mol. The topological polar surface area (TPSA) is 40.5 Å². The van der Waals surface area contributed by atoms with E-state index in [1.807, 2.05) is 31.2 Å². The Morgan fingerprint density at radius 1 is 0.500 bits per heavy atom. The molecule has 2 N–H and O–H groups in total. The maximum Gasteiger partial charge on any atom is 0.123 e. The quantitative estimate of drug-likeness (QED) is 0.162. The van der Waals surface area contributed by atoms with Gasteiger partial charge in [-0.3, -0.25) is 0 Å². The number of phenolic OH excluding ortho intramolecular Hbond substituents is 2. The first-order valence-electron chi connectivity index (χ1n) is 16.3. The first-order valence-corrected chi connectivity index (χ1v) is 16.3. The van der Waals surface area contributed by atoms with Gasteiger partial charge in [-0.2, -0.15) is 0 Å². The average molecular weight is 603 g/mol. The summed E-state index contributed by atoms with van der Waals surface area (Å²) in [6.45, 7) is 8.47. The molecule has 0 aliphatic rings. The van der Waals surface area contributed by atoms with Crippen LogP contribution in [0.1, 0.15) is 71.7 Å². The third-order valence-corrected chi connectivity index (χ3v) is 9.97. The predicted octanol–water partition coefficient (Wildman–Crippen LogP) is 10.7. The molecular formula is C44H42O2. The molecule has 6 aromatic rings. The minimum atomic E-state index is -0.609. The molecule has 0 radical (unpaired) electrons. The molecule has 6 rings (SSSR count). The fraction of sp³-hybridized carbons (Fsp3) is 0.182. The van der Waals surface area contributed by atoms with Crippen LogP contribution >= 0.6 is 0 Å². The molecule has 2 heteroatoms. The van der Waals surface area contributed by atoms with Crippen molar-refractivity contribution in [2.45, 2.75) is 51.4 Å². The van der Waals surface area contributed by atoms with Crippen LogP contribution in [0.4, 0.5) is 0 Å². The number of rotatable bonds is 9. The summed E-state index contributed by atoms with van der Waals surface area (Å²) < 4.78 is 0. The van der Waals surface area contributed by atoms with Crippen LogP contribution in [0.25, 0.3) is 11.1 Å². The van der Waals surface area contributed by atoms with Gasteiger partial charge < -0.3 is 10.2 Å². The molecule has 0 amide bonds. The zero-order valence-electron chi connectivity index (χ0n) is 27.2. The van der Waals surface area contributed by atoms with E-state index in [1.54, 1.807) is 0 Å². The van der Waals surface area contributed by atoms with Crippen LogP contribution in [0.5, 0.6) is 11.5 Å².